The second kappa shape index (κ2) is 9.13. The van der Waals surface area contributed by atoms with Crippen molar-refractivity contribution in [1.29, 1.82) is 0 Å². The molecular weight excluding hydrogens is 338 g/mol. The van der Waals surface area contributed by atoms with Crippen LogP contribution in [0.3, 0.4) is 0 Å². The zero-order chi connectivity index (χ0) is 19.2. The molecule has 1 aromatic heterocycles. The fourth-order valence-electron chi connectivity index (χ4n) is 3.71. The maximum absolute atomic E-state index is 12.6. The molecular formula is C21H31N5O. The first kappa shape index (κ1) is 19.5. The van der Waals surface area contributed by atoms with Gasteiger partial charge in [-0.2, -0.15) is 0 Å². The van der Waals surface area contributed by atoms with Gasteiger partial charge in [-0.3, -0.25) is 4.79 Å². The van der Waals surface area contributed by atoms with E-state index in [-0.39, 0.29) is 11.8 Å². The summed E-state index contributed by atoms with van der Waals surface area (Å²) in [5, 5.41) is 4.48. The van der Waals surface area contributed by atoms with Crippen molar-refractivity contribution >= 4 is 22.6 Å². The number of benzene rings is 1. The SMILES string of the molecule is CN(C)CCCNc1nc(CN(C)C(=O)C2CCCC2)nc2ccccc12. The number of fused-ring (bicyclic) bond motifs is 1. The molecule has 6 heteroatoms. The Morgan fingerprint density at radius 3 is 2.63 bits per heavy atom. The van der Waals surface area contributed by atoms with Gasteiger partial charge in [0.25, 0.3) is 0 Å². The van der Waals surface area contributed by atoms with Crippen molar-refractivity contribution in [1.82, 2.24) is 19.8 Å². The number of rotatable bonds is 8. The summed E-state index contributed by atoms with van der Waals surface area (Å²) >= 11 is 0. The highest BCUT2D eigenvalue weighted by Crippen LogP contribution is 2.27. The van der Waals surface area contributed by atoms with E-state index in [9.17, 15) is 4.79 Å². The molecule has 1 aliphatic carbocycles. The van der Waals surface area contributed by atoms with E-state index < -0.39 is 0 Å². The number of carbonyl (C=O) groups is 1. The molecule has 1 saturated carbocycles. The van der Waals surface area contributed by atoms with E-state index in [1.165, 1.54) is 0 Å². The molecule has 1 N–H and O–H groups in total. The molecule has 3 rings (SSSR count). The molecule has 0 radical (unpaired) electrons. The van der Waals surface area contributed by atoms with Crippen LogP contribution in [0, 0.1) is 5.92 Å². The molecule has 0 saturated heterocycles. The summed E-state index contributed by atoms with van der Waals surface area (Å²) in [6.07, 6.45) is 5.40. The van der Waals surface area contributed by atoms with Gasteiger partial charge in [0.2, 0.25) is 5.91 Å². The Bertz CT molecular complexity index is 770. The smallest absolute Gasteiger partial charge is 0.225 e. The Morgan fingerprint density at radius 1 is 1.15 bits per heavy atom. The van der Waals surface area contributed by atoms with Crippen LogP contribution in [-0.4, -0.2) is 59.9 Å². The summed E-state index contributed by atoms with van der Waals surface area (Å²) in [6.45, 7) is 2.34. The number of nitrogens with zero attached hydrogens (tertiary/aromatic N) is 4. The summed E-state index contributed by atoms with van der Waals surface area (Å²) in [7, 11) is 6.02. The zero-order valence-electron chi connectivity index (χ0n) is 16.7. The number of nitrogens with one attached hydrogen (secondary N) is 1. The quantitative estimate of drug-likeness (QED) is 0.725. The lowest BCUT2D eigenvalue weighted by atomic mass is 10.1. The first-order valence-corrected chi connectivity index (χ1v) is 9.94. The Hall–Kier alpha value is -2.21. The number of hydrogen-bond donors (Lipinski definition) is 1. The van der Waals surface area contributed by atoms with Gasteiger partial charge in [0.15, 0.2) is 5.82 Å². The van der Waals surface area contributed by atoms with E-state index in [2.05, 4.69) is 29.3 Å². The number of hydrogen-bond acceptors (Lipinski definition) is 5. The molecule has 0 bridgehead atoms. The van der Waals surface area contributed by atoms with Gasteiger partial charge in [0, 0.05) is 24.9 Å². The fraction of sp³-hybridized carbons (Fsp3) is 0.571. The van der Waals surface area contributed by atoms with Crippen LogP contribution in [0.15, 0.2) is 24.3 Å². The average Bonchev–Trinajstić information content (AvgIpc) is 3.19. The zero-order valence-corrected chi connectivity index (χ0v) is 16.7. The summed E-state index contributed by atoms with van der Waals surface area (Å²) in [5.74, 6) is 1.96. The second-order valence-corrected chi connectivity index (χ2v) is 7.76. The lowest BCUT2D eigenvalue weighted by Gasteiger charge is -2.21. The first-order chi connectivity index (χ1) is 13.0. The highest BCUT2D eigenvalue weighted by molar-refractivity contribution is 5.89. The minimum atomic E-state index is 0.180. The molecule has 1 heterocycles. The van der Waals surface area contributed by atoms with E-state index >= 15 is 0 Å². The van der Waals surface area contributed by atoms with E-state index in [0.717, 1.165) is 61.9 Å². The van der Waals surface area contributed by atoms with Crippen molar-refractivity contribution in [2.45, 2.75) is 38.6 Å². The largest absolute Gasteiger partial charge is 0.369 e. The molecule has 0 atom stereocenters. The highest BCUT2D eigenvalue weighted by Gasteiger charge is 2.26. The minimum Gasteiger partial charge on any atom is -0.369 e. The van der Waals surface area contributed by atoms with Crippen LogP contribution in [0.25, 0.3) is 10.9 Å². The third-order valence-corrected chi connectivity index (χ3v) is 5.18. The van der Waals surface area contributed by atoms with Crippen LogP contribution in [0.1, 0.15) is 37.9 Å². The molecule has 2 aromatic rings. The summed E-state index contributed by atoms with van der Waals surface area (Å²) < 4.78 is 0. The summed E-state index contributed by atoms with van der Waals surface area (Å²) in [5.41, 5.74) is 0.916. The van der Waals surface area contributed by atoms with E-state index in [0.29, 0.717) is 12.4 Å². The van der Waals surface area contributed by atoms with Crippen LogP contribution in [0.5, 0.6) is 0 Å². The van der Waals surface area contributed by atoms with Gasteiger partial charge in [0.05, 0.1) is 12.1 Å². The molecule has 0 spiro atoms. The van der Waals surface area contributed by atoms with Gasteiger partial charge < -0.3 is 15.1 Å². The average molecular weight is 370 g/mol. The number of carbonyl (C=O) groups excluding carboxylic acids is 1. The van der Waals surface area contributed by atoms with Crippen LogP contribution in [-0.2, 0) is 11.3 Å². The number of para-hydroxylation sites is 1. The summed E-state index contributed by atoms with van der Waals surface area (Å²) in [6, 6.07) is 8.04. The molecule has 146 valence electrons. The fourth-order valence-corrected chi connectivity index (χ4v) is 3.71. The lowest BCUT2D eigenvalue weighted by Crippen LogP contribution is -2.32. The maximum Gasteiger partial charge on any atom is 0.225 e. The van der Waals surface area contributed by atoms with Crippen molar-refractivity contribution in [2.24, 2.45) is 5.92 Å². The monoisotopic (exact) mass is 369 g/mol. The number of anilines is 1. The minimum absolute atomic E-state index is 0.180. The number of amides is 1. The maximum atomic E-state index is 12.6. The van der Waals surface area contributed by atoms with Gasteiger partial charge in [-0.1, -0.05) is 25.0 Å². The third-order valence-electron chi connectivity index (χ3n) is 5.18. The van der Waals surface area contributed by atoms with Gasteiger partial charge in [0.1, 0.15) is 5.82 Å². The molecule has 27 heavy (non-hydrogen) atoms. The van der Waals surface area contributed by atoms with Crippen molar-refractivity contribution < 1.29 is 4.79 Å². The molecule has 1 aromatic carbocycles. The molecule has 1 fully saturated rings. The topological polar surface area (TPSA) is 61.4 Å². The van der Waals surface area contributed by atoms with Crippen molar-refractivity contribution in [3.8, 4) is 0 Å². The first-order valence-electron chi connectivity index (χ1n) is 9.94. The normalized spacial score (nSPS) is 14.8. The van der Waals surface area contributed by atoms with Crippen molar-refractivity contribution in [3.05, 3.63) is 30.1 Å². The molecule has 1 aliphatic rings. The molecule has 6 nitrogen and oxygen atoms in total. The van der Waals surface area contributed by atoms with Gasteiger partial charge in [-0.25, -0.2) is 9.97 Å². The lowest BCUT2D eigenvalue weighted by molar-refractivity contribution is -0.134. The van der Waals surface area contributed by atoms with Crippen molar-refractivity contribution in [2.75, 3.05) is 39.5 Å². The van der Waals surface area contributed by atoms with E-state index in [4.69, 9.17) is 4.98 Å². The highest BCUT2D eigenvalue weighted by atomic mass is 16.2. The Labute approximate surface area is 162 Å². The van der Waals surface area contributed by atoms with Gasteiger partial charge in [-0.05, 0) is 52.0 Å². The number of aromatic nitrogens is 2. The van der Waals surface area contributed by atoms with Crippen molar-refractivity contribution in [3.63, 3.8) is 0 Å². The molecule has 0 unspecified atom stereocenters. The Kier molecular flexibility index (Phi) is 6.61. The van der Waals surface area contributed by atoms with Crippen LogP contribution < -0.4 is 5.32 Å². The van der Waals surface area contributed by atoms with Gasteiger partial charge in [-0.15, -0.1) is 0 Å². The standard InChI is InChI=1S/C21H31N5O/c1-25(2)14-8-13-22-20-17-11-6-7-12-18(17)23-19(24-20)15-26(3)21(27)16-9-4-5-10-16/h6-7,11-12,16H,4-5,8-10,13-15H2,1-3H3,(H,22,23,24). The van der Waals surface area contributed by atoms with Crippen LogP contribution >= 0.6 is 0 Å². The van der Waals surface area contributed by atoms with E-state index in [1.54, 1.807) is 4.90 Å². The third kappa shape index (κ3) is 5.16. The van der Waals surface area contributed by atoms with Crippen LogP contribution in [0.2, 0.25) is 0 Å². The van der Waals surface area contributed by atoms with E-state index in [1.807, 2.05) is 31.3 Å². The predicted molar refractivity (Wildman–Crippen MR) is 110 cm³/mol. The second-order valence-electron chi connectivity index (χ2n) is 7.76. The molecule has 0 aliphatic heterocycles. The Balaban J connectivity index is 1.73. The predicted octanol–water partition coefficient (Wildman–Crippen LogP) is 3.14. The summed E-state index contributed by atoms with van der Waals surface area (Å²) in [4.78, 5) is 26.0. The Morgan fingerprint density at radius 2 is 1.89 bits per heavy atom. The van der Waals surface area contributed by atoms with Crippen LogP contribution in [0.4, 0.5) is 5.82 Å². The molecule has 1 amide bonds. The van der Waals surface area contributed by atoms with Gasteiger partial charge >= 0.3 is 0 Å².